The summed E-state index contributed by atoms with van der Waals surface area (Å²) in [6, 6.07) is 1.80. The molecule has 0 saturated carbocycles. The van der Waals surface area contributed by atoms with E-state index in [0.29, 0.717) is 10.9 Å². The summed E-state index contributed by atoms with van der Waals surface area (Å²) in [5, 5.41) is 6.90. The van der Waals surface area contributed by atoms with Crippen LogP contribution in [0, 0.1) is 6.92 Å². The van der Waals surface area contributed by atoms with E-state index in [4.69, 9.17) is 16.3 Å². The second-order valence-corrected chi connectivity index (χ2v) is 4.31. The van der Waals surface area contributed by atoms with E-state index in [0.717, 1.165) is 30.9 Å². The minimum atomic E-state index is 0.203. The molecule has 0 aromatic carbocycles. The molecular weight excluding hydrogens is 226 g/mol. The lowest BCUT2D eigenvalue weighted by molar-refractivity contribution is 0.213. The fourth-order valence-corrected chi connectivity index (χ4v) is 1.87. The van der Waals surface area contributed by atoms with E-state index in [1.54, 1.807) is 6.07 Å². The van der Waals surface area contributed by atoms with Gasteiger partial charge in [0.1, 0.15) is 11.9 Å². The van der Waals surface area contributed by atoms with E-state index in [9.17, 15) is 0 Å². The molecule has 0 bridgehead atoms. The van der Waals surface area contributed by atoms with Gasteiger partial charge in [0, 0.05) is 19.2 Å². The van der Waals surface area contributed by atoms with Crippen molar-refractivity contribution in [1.82, 2.24) is 10.3 Å². The molecule has 1 aliphatic heterocycles. The molecule has 1 aromatic rings. The first-order valence-corrected chi connectivity index (χ1v) is 5.80. The van der Waals surface area contributed by atoms with Gasteiger partial charge >= 0.3 is 0 Å². The molecule has 1 saturated heterocycles. The third kappa shape index (κ3) is 2.39. The monoisotopic (exact) mass is 241 g/mol. The molecule has 5 heteroatoms. The van der Waals surface area contributed by atoms with Crippen molar-refractivity contribution in [1.29, 1.82) is 0 Å². The highest BCUT2D eigenvalue weighted by atomic mass is 35.5. The van der Waals surface area contributed by atoms with Crippen molar-refractivity contribution in [3.05, 3.63) is 16.7 Å². The zero-order valence-electron chi connectivity index (χ0n) is 9.51. The van der Waals surface area contributed by atoms with Crippen LogP contribution in [-0.4, -0.2) is 31.2 Å². The second kappa shape index (κ2) is 4.89. The first-order chi connectivity index (χ1) is 7.70. The number of hydrogen-bond donors (Lipinski definition) is 2. The summed E-state index contributed by atoms with van der Waals surface area (Å²) in [6.45, 7) is 3.80. The summed E-state index contributed by atoms with van der Waals surface area (Å²) in [4.78, 5) is 4.37. The predicted molar refractivity (Wildman–Crippen MR) is 65.4 cm³/mol. The van der Waals surface area contributed by atoms with Crippen LogP contribution in [0.1, 0.15) is 12.0 Å². The van der Waals surface area contributed by atoms with Crippen LogP contribution in [0.3, 0.4) is 0 Å². The molecule has 1 atom stereocenters. The molecule has 2 heterocycles. The summed E-state index contributed by atoms with van der Waals surface area (Å²) in [6.07, 6.45) is 1.22. The number of rotatable bonds is 3. The Kier molecular flexibility index (Phi) is 3.51. The van der Waals surface area contributed by atoms with Gasteiger partial charge < -0.3 is 15.4 Å². The Labute approximate surface area is 100 Å². The first kappa shape index (κ1) is 11.5. The third-order valence-electron chi connectivity index (χ3n) is 2.71. The number of ether oxygens (including phenoxy) is 1. The minimum Gasteiger partial charge on any atom is -0.473 e. The van der Waals surface area contributed by atoms with Gasteiger partial charge in [-0.1, -0.05) is 11.6 Å². The molecule has 0 spiro atoms. The highest BCUT2D eigenvalue weighted by Crippen LogP contribution is 2.27. The Morgan fingerprint density at radius 2 is 2.44 bits per heavy atom. The lowest BCUT2D eigenvalue weighted by Crippen LogP contribution is -2.20. The molecule has 2 rings (SSSR count). The zero-order chi connectivity index (χ0) is 11.5. The Hall–Kier alpha value is -1.00. The smallest absolute Gasteiger partial charge is 0.220 e. The fourth-order valence-electron chi connectivity index (χ4n) is 1.69. The van der Waals surface area contributed by atoms with Crippen LogP contribution in [0.2, 0.25) is 5.02 Å². The summed E-state index contributed by atoms with van der Waals surface area (Å²) < 4.78 is 5.83. The van der Waals surface area contributed by atoms with Crippen LogP contribution in [0.5, 0.6) is 5.88 Å². The molecule has 88 valence electrons. The molecule has 0 aliphatic carbocycles. The van der Waals surface area contributed by atoms with Crippen LogP contribution in [0.4, 0.5) is 5.82 Å². The van der Waals surface area contributed by atoms with Gasteiger partial charge in [0.15, 0.2) is 0 Å². The number of hydrogen-bond acceptors (Lipinski definition) is 4. The molecular formula is C11H16ClN3O. The topological polar surface area (TPSA) is 46.2 Å². The van der Waals surface area contributed by atoms with Gasteiger partial charge in [-0.3, -0.25) is 0 Å². The lowest BCUT2D eigenvalue weighted by atomic mass is 10.3. The first-order valence-electron chi connectivity index (χ1n) is 5.43. The maximum atomic E-state index is 6.11. The average Bonchev–Trinajstić information content (AvgIpc) is 2.77. The number of anilines is 1. The van der Waals surface area contributed by atoms with Crippen LogP contribution < -0.4 is 15.4 Å². The fraction of sp³-hybridized carbons (Fsp3) is 0.545. The Morgan fingerprint density at radius 1 is 1.62 bits per heavy atom. The van der Waals surface area contributed by atoms with Gasteiger partial charge in [-0.2, -0.15) is 4.98 Å². The van der Waals surface area contributed by atoms with Crippen molar-refractivity contribution in [3.63, 3.8) is 0 Å². The summed E-state index contributed by atoms with van der Waals surface area (Å²) in [5.41, 5.74) is 0.896. The SMILES string of the molecule is CNc1cc(Cl)c(C)c(OC2CCNC2)n1. The van der Waals surface area contributed by atoms with Gasteiger partial charge in [0.05, 0.1) is 5.02 Å². The molecule has 1 aromatic heterocycles. The zero-order valence-corrected chi connectivity index (χ0v) is 10.3. The minimum absolute atomic E-state index is 0.203. The molecule has 16 heavy (non-hydrogen) atoms. The maximum Gasteiger partial charge on any atom is 0.220 e. The lowest BCUT2D eigenvalue weighted by Gasteiger charge is -2.15. The summed E-state index contributed by atoms with van der Waals surface area (Å²) in [7, 11) is 1.81. The Balaban J connectivity index is 2.20. The van der Waals surface area contributed by atoms with Gasteiger partial charge in [0.2, 0.25) is 5.88 Å². The van der Waals surface area contributed by atoms with Crippen LogP contribution >= 0.6 is 11.6 Å². The predicted octanol–water partition coefficient (Wildman–Crippen LogP) is 1.83. The molecule has 2 N–H and O–H groups in total. The maximum absolute atomic E-state index is 6.11. The van der Waals surface area contributed by atoms with Gasteiger partial charge in [-0.15, -0.1) is 0 Å². The van der Waals surface area contributed by atoms with Gasteiger partial charge in [0.25, 0.3) is 0 Å². The van der Waals surface area contributed by atoms with E-state index in [2.05, 4.69) is 15.6 Å². The highest BCUT2D eigenvalue weighted by molar-refractivity contribution is 6.31. The van der Waals surface area contributed by atoms with E-state index in [1.807, 2.05) is 14.0 Å². The van der Waals surface area contributed by atoms with Crippen LogP contribution in [-0.2, 0) is 0 Å². The molecule has 4 nitrogen and oxygen atoms in total. The van der Waals surface area contributed by atoms with Gasteiger partial charge in [-0.05, 0) is 26.0 Å². The Bertz CT molecular complexity index is 378. The summed E-state index contributed by atoms with van der Waals surface area (Å²) in [5.74, 6) is 1.36. The van der Waals surface area contributed by atoms with Crippen molar-refractivity contribution in [3.8, 4) is 5.88 Å². The van der Waals surface area contributed by atoms with E-state index in [1.165, 1.54) is 0 Å². The van der Waals surface area contributed by atoms with Crippen molar-refractivity contribution in [2.75, 3.05) is 25.5 Å². The molecule has 1 fully saturated rings. The molecule has 0 amide bonds. The number of halogens is 1. The molecule has 0 radical (unpaired) electrons. The number of aromatic nitrogens is 1. The number of nitrogens with zero attached hydrogens (tertiary/aromatic N) is 1. The molecule has 1 unspecified atom stereocenters. The highest BCUT2D eigenvalue weighted by Gasteiger charge is 2.18. The summed E-state index contributed by atoms with van der Waals surface area (Å²) >= 11 is 6.11. The van der Waals surface area contributed by atoms with E-state index >= 15 is 0 Å². The number of pyridine rings is 1. The van der Waals surface area contributed by atoms with Crippen LogP contribution in [0.25, 0.3) is 0 Å². The average molecular weight is 242 g/mol. The van der Waals surface area contributed by atoms with E-state index < -0.39 is 0 Å². The quantitative estimate of drug-likeness (QED) is 0.848. The van der Waals surface area contributed by atoms with Crippen molar-refractivity contribution in [2.24, 2.45) is 0 Å². The van der Waals surface area contributed by atoms with Crippen molar-refractivity contribution < 1.29 is 4.74 Å². The number of nitrogens with one attached hydrogen (secondary N) is 2. The van der Waals surface area contributed by atoms with Crippen LogP contribution in [0.15, 0.2) is 6.07 Å². The Morgan fingerprint density at radius 3 is 3.06 bits per heavy atom. The van der Waals surface area contributed by atoms with Gasteiger partial charge in [-0.25, -0.2) is 0 Å². The van der Waals surface area contributed by atoms with Crippen molar-refractivity contribution >= 4 is 17.4 Å². The normalized spacial score (nSPS) is 19.8. The second-order valence-electron chi connectivity index (χ2n) is 3.90. The van der Waals surface area contributed by atoms with Crippen molar-refractivity contribution in [2.45, 2.75) is 19.4 Å². The third-order valence-corrected chi connectivity index (χ3v) is 3.11. The standard InChI is InChI=1S/C11H16ClN3O/c1-7-9(12)5-10(13-2)15-11(7)16-8-3-4-14-6-8/h5,8,14H,3-4,6H2,1-2H3,(H,13,15). The largest absolute Gasteiger partial charge is 0.473 e. The van der Waals surface area contributed by atoms with E-state index in [-0.39, 0.29) is 6.10 Å². The molecule has 1 aliphatic rings.